The van der Waals surface area contributed by atoms with Crippen LogP contribution in [0.4, 0.5) is 3.89 Å². The summed E-state index contributed by atoms with van der Waals surface area (Å²) in [5.41, 5.74) is 0. The van der Waals surface area contributed by atoms with Gasteiger partial charge in [0.25, 0.3) is 0 Å². The molecule has 5 nitrogen and oxygen atoms in total. The number of hydrogen-bond acceptors (Lipinski definition) is 4. The van der Waals surface area contributed by atoms with Crippen LogP contribution in [0.2, 0.25) is 0 Å². The largest absolute Gasteiger partial charge is 0.404 e. The van der Waals surface area contributed by atoms with Gasteiger partial charge in [0.15, 0.2) is 0 Å². The maximum atomic E-state index is 11.5. The molecule has 0 aromatic carbocycles. The highest BCUT2D eigenvalue weighted by molar-refractivity contribution is 8.11. The summed E-state index contributed by atoms with van der Waals surface area (Å²) in [6.07, 6.45) is 0. The number of nitrogens with zero attached hydrogens (tertiary/aromatic N) is 1. The second-order valence-electron chi connectivity index (χ2n) is 1.17. The molecule has 0 aromatic heterocycles. The van der Waals surface area contributed by atoms with Crippen molar-refractivity contribution in [2.24, 2.45) is 0 Å². The van der Waals surface area contributed by atoms with Crippen LogP contribution in [0.3, 0.4) is 0 Å². The summed E-state index contributed by atoms with van der Waals surface area (Å²) >= 11 is 0. The van der Waals surface area contributed by atoms with Gasteiger partial charge in [-0.15, -0.1) is 3.89 Å². The topological polar surface area (TPSA) is 82.4 Å². The van der Waals surface area contributed by atoms with Gasteiger partial charge in [0.05, 0.1) is 0 Å². The normalized spacial score (nSPS) is 12.9. The molecule has 0 saturated carbocycles. The van der Waals surface area contributed by atoms with Crippen LogP contribution in [0.25, 0.3) is 4.13 Å². The molecule has 0 aromatic rings. The van der Waals surface area contributed by atoms with E-state index in [1.807, 2.05) is 4.13 Å². The van der Waals surface area contributed by atoms with Crippen molar-refractivity contribution in [3.63, 3.8) is 0 Å². The Balaban J connectivity index is 4.65. The SMILES string of the molecule is C=CS(=O)(=O)[N-]S(=O)(=O)F. The highest BCUT2D eigenvalue weighted by Gasteiger charge is 1.99. The van der Waals surface area contributed by atoms with Gasteiger partial charge in [-0.05, 0) is 0 Å². The molecule has 0 aliphatic carbocycles. The van der Waals surface area contributed by atoms with E-state index in [9.17, 15) is 20.7 Å². The lowest BCUT2D eigenvalue weighted by molar-refractivity contribution is 0.560. The van der Waals surface area contributed by atoms with Crippen LogP contribution in [0, 0.1) is 0 Å². The molecule has 0 saturated heterocycles. The van der Waals surface area contributed by atoms with E-state index in [4.69, 9.17) is 0 Å². The standard InChI is InChI=1S/C2H3FNO4S2/c1-2-9(5,6)4-10(3,7)8/h2H,1H2/q-1. The average molecular weight is 188 g/mol. The zero-order valence-corrected chi connectivity index (χ0v) is 6.19. The van der Waals surface area contributed by atoms with Gasteiger partial charge < -0.3 is 4.13 Å². The summed E-state index contributed by atoms with van der Waals surface area (Å²) in [4.78, 5) is 0. The number of rotatable bonds is 3. The lowest BCUT2D eigenvalue weighted by Gasteiger charge is -2.08. The summed E-state index contributed by atoms with van der Waals surface area (Å²) < 4.78 is 52.6. The van der Waals surface area contributed by atoms with Crippen molar-refractivity contribution in [3.8, 4) is 0 Å². The first-order valence-electron chi connectivity index (χ1n) is 1.83. The number of hydrogen-bond donors (Lipinski definition) is 0. The molecule has 0 unspecified atom stereocenters. The fourth-order valence-electron chi connectivity index (χ4n) is 0.155. The Labute approximate surface area is 57.9 Å². The third kappa shape index (κ3) is 4.41. The summed E-state index contributed by atoms with van der Waals surface area (Å²) in [5, 5.41) is 0.226. The molecule has 0 radical (unpaired) electrons. The van der Waals surface area contributed by atoms with E-state index in [-0.39, 0.29) is 5.41 Å². The third-order valence-electron chi connectivity index (χ3n) is 0.404. The summed E-state index contributed by atoms with van der Waals surface area (Å²) in [6, 6.07) is 0. The Morgan fingerprint density at radius 1 is 1.30 bits per heavy atom. The van der Waals surface area contributed by atoms with Gasteiger partial charge >= 0.3 is 0 Å². The van der Waals surface area contributed by atoms with Crippen LogP contribution < -0.4 is 0 Å². The highest BCUT2D eigenvalue weighted by atomic mass is 32.3. The second-order valence-corrected chi connectivity index (χ2v) is 3.95. The van der Waals surface area contributed by atoms with Gasteiger partial charge in [-0.2, -0.15) is 0 Å². The van der Waals surface area contributed by atoms with Crippen molar-refractivity contribution < 1.29 is 20.7 Å². The van der Waals surface area contributed by atoms with Crippen LogP contribution in [-0.2, 0) is 20.4 Å². The van der Waals surface area contributed by atoms with E-state index in [0.717, 1.165) is 0 Å². The fraction of sp³-hybridized carbons (Fsp3) is 0. The molecule has 0 aliphatic rings. The fourth-order valence-corrected chi connectivity index (χ4v) is 1.39. The van der Waals surface area contributed by atoms with Crippen molar-refractivity contribution in [2.75, 3.05) is 0 Å². The van der Waals surface area contributed by atoms with Gasteiger partial charge in [0, 0.05) is 5.41 Å². The van der Waals surface area contributed by atoms with Crippen molar-refractivity contribution in [1.29, 1.82) is 0 Å². The minimum Gasteiger partial charge on any atom is -0.404 e. The molecule has 0 atom stereocenters. The predicted octanol–water partition coefficient (Wildman–Crippen LogP) is 0.0477. The first kappa shape index (κ1) is 9.53. The molecule has 0 N–H and O–H groups in total. The Morgan fingerprint density at radius 2 is 1.70 bits per heavy atom. The average Bonchev–Trinajstić information content (AvgIpc) is 1.60. The number of sulfonamides is 1. The van der Waals surface area contributed by atoms with Crippen LogP contribution in [0.15, 0.2) is 12.0 Å². The molecule has 60 valence electrons. The van der Waals surface area contributed by atoms with Gasteiger partial charge in [-0.25, -0.2) is 16.8 Å². The Morgan fingerprint density at radius 3 is 1.80 bits per heavy atom. The smallest absolute Gasteiger partial charge is 0.240 e. The Hall–Kier alpha value is -0.470. The van der Waals surface area contributed by atoms with Crippen molar-refractivity contribution in [2.45, 2.75) is 0 Å². The quantitative estimate of drug-likeness (QED) is 0.586. The zero-order valence-electron chi connectivity index (χ0n) is 4.56. The van der Waals surface area contributed by atoms with Crippen molar-refractivity contribution in [3.05, 3.63) is 16.1 Å². The minimum atomic E-state index is -5.33. The molecule has 0 aliphatic heterocycles. The van der Waals surface area contributed by atoms with E-state index < -0.39 is 20.4 Å². The van der Waals surface area contributed by atoms with Crippen molar-refractivity contribution in [1.82, 2.24) is 0 Å². The first-order valence-corrected chi connectivity index (χ1v) is 4.67. The van der Waals surface area contributed by atoms with Gasteiger partial charge in [0.2, 0.25) is 10.4 Å². The molecular formula is C2H3FNO4S2-. The predicted molar refractivity (Wildman–Crippen MR) is 32.5 cm³/mol. The summed E-state index contributed by atoms with van der Waals surface area (Å²) in [5.74, 6) is 0. The molecule has 0 spiro atoms. The summed E-state index contributed by atoms with van der Waals surface area (Å²) in [6.45, 7) is 2.70. The van der Waals surface area contributed by atoms with E-state index >= 15 is 0 Å². The van der Waals surface area contributed by atoms with E-state index in [1.54, 1.807) is 0 Å². The molecule has 8 heteroatoms. The second kappa shape index (κ2) is 2.64. The maximum Gasteiger partial charge on any atom is 0.240 e. The molecule has 0 amide bonds. The minimum absolute atomic E-state index is 0.226. The van der Waals surface area contributed by atoms with Gasteiger partial charge in [-0.3, -0.25) is 0 Å². The number of halogens is 1. The van der Waals surface area contributed by atoms with Crippen molar-refractivity contribution >= 4 is 20.4 Å². The lowest BCUT2D eigenvalue weighted by Crippen LogP contribution is -1.97. The highest BCUT2D eigenvalue weighted by Crippen LogP contribution is 2.11. The zero-order chi connectivity index (χ0) is 8.41. The molecule has 0 bridgehead atoms. The van der Waals surface area contributed by atoms with Gasteiger partial charge in [0.1, 0.15) is 10.0 Å². The van der Waals surface area contributed by atoms with E-state index in [2.05, 4.69) is 6.58 Å². The van der Waals surface area contributed by atoms with E-state index in [0.29, 0.717) is 0 Å². The van der Waals surface area contributed by atoms with E-state index in [1.165, 1.54) is 0 Å². The van der Waals surface area contributed by atoms with Crippen LogP contribution in [0.1, 0.15) is 0 Å². The molecule has 0 fully saturated rings. The Kier molecular flexibility index (Phi) is 2.52. The maximum absolute atomic E-state index is 11.5. The van der Waals surface area contributed by atoms with Gasteiger partial charge in [-0.1, -0.05) is 6.58 Å². The van der Waals surface area contributed by atoms with Crippen LogP contribution >= 0.6 is 0 Å². The molecular weight excluding hydrogens is 185 g/mol. The molecule has 0 heterocycles. The lowest BCUT2D eigenvalue weighted by atomic mass is 11.3. The monoisotopic (exact) mass is 188 g/mol. The van der Waals surface area contributed by atoms with Crippen LogP contribution in [-0.4, -0.2) is 16.8 Å². The first-order chi connectivity index (χ1) is 4.27. The third-order valence-corrected chi connectivity index (χ3v) is 2.37. The Bertz CT molecular complexity index is 313. The molecule has 0 rings (SSSR count). The van der Waals surface area contributed by atoms with Crippen LogP contribution in [0.5, 0.6) is 0 Å². The summed E-state index contributed by atoms with van der Waals surface area (Å²) in [7, 11) is -9.68. The molecule has 10 heavy (non-hydrogen) atoms.